The molecule has 0 radical (unpaired) electrons. The van der Waals surface area contributed by atoms with Crippen LogP contribution in [-0.4, -0.2) is 19.7 Å². The topological polar surface area (TPSA) is 47.0 Å². The van der Waals surface area contributed by atoms with Gasteiger partial charge in [-0.3, -0.25) is 4.98 Å². The Labute approximate surface area is 70.2 Å². The van der Waals surface area contributed by atoms with Crippen LogP contribution in [0.3, 0.4) is 0 Å². The first-order valence-corrected chi connectivity index (χ1v) is 5.21. The SMILES string of the molecule is CS(=O)(=O)C(F)c1ccccn1. The molecular formula is C7H8FNO2S. The standard InChI is InChI=1S/C7H8FNO2S/c1-12(10,11)7(8)6-4-2-3-5-9-6/h2-5,7H,1H3. The van der Waals surface area contributed by atoms with Gasteiger partial charge in [0.2, 0.25) is 5.50 Å². The van der Waals surface area contributed by atoms with Crippen molar-refractivity contribution in [2.75, 3.05) is 6.26 Å². The van der Waals surface area contributed by atoms with Crippen LogP contribution in [0.25, 0.3) is 0 Å². The Morgan fingerprint density at radius 3 is 2.58 bits per heavy atom. The second-order valence-corrected chi connectivity index (χ2v) is 4.47. The Bertz CT molecular complexity index is 349. The fourth-order valence-corrected chi connectivity index (χ4v) is 1.31. The zero-order chi connectivity index (χ0) is 9.19. The molecular weight excluding hydrogens is 181 g/mol. The molecule has 5 heteroatoms. The third-order valence-electron chi connectivity index (χ3n) is 1.30. The second kappa shape index (κ2) is 3.18. The molecule has 12 heavy (non-hydrogen) atoms. The summed E-state index contributed by atoms with van der Waals surface area (Å²) in [6.07, 6.45) is 2.19. The molecule has 0 fully saturated rings. The third-order valence-corrected chi connectivity index (χ3v) is 2.29. The van der Waals surface area contributed by atoms with Gasteiger partial charge in [-0.1, -0.05) is 6.07 Å². The molecule has 1 unspecified atom stereocenters. The zero-order valence-electron chi connectivity index (χ0n) is 6.44. The van der Waals surface area contributed by atoms with Gasteiger partial charge in [0.15, 0.2) is 9.84 Å². The quantitative estimate of drug-likeness (QED) is 0.699. The number of alkyl halides is 1. The summed E-state index contributed by atoms with van der Waals surface area (Å²) in [7, 11) is -3.69. The minimum Gasteiger partial charge on any atom is -0.257 e. The fourth-order valence-electron chi connectivity index (χ4n) is 0.730. The maximum absolute atomic E-state index is 13.0. The predicted octanol–water partition coefficient (Wildman–Crippen LogP) is 1.09. The summed E-state index contributed by atoms with van der Waals surface area (Å²) in [4.78, 5) is 3.59. The molecule has 0 aliphatic heterocycles. The van der Waals surface area contributed by atoms with Crippen molar-refractivity contribution >= 4 is 9.84 Å². The number of hydrogen-bond donors (Lipinski definition) is 0. The summed E-state index contributed by atoms with van der Waals surface area (Å²) < 4.78 is 34.4. The lowest BCUT2D eigenvalue weighted by Gasteiger charge is -2.03. The number of aromatic nitrogens is 1. The van der Waals surface area contributed by atoms with Crippen LogP contribution in [-0.2, 0) is 9.84 Å². The Kier molecular flexibility index (Phi) is 2.42. The van der Waals surface area contributed by atoms with E-state index in [9.17, 15) is 12.8 Å². The number of nitrogens with zero attached hydrogens (tertiary/aromatic N) is 1. The van der Waals surface area contributed by atoms with E-state index in [-0.39, 0.29) is 5.69 Å². The van der Waals surface area contributed by atoms with Gasteiger partial charge in [-0.25, -0.2) is 12.8 Å². The van der Waals surface area contributed by atoms with Crippen molar-refractivity contribution in [2.24, 2.45) is 0 Å². The van der Waals surface area contributed by atoms with Crippen LogP contribution in [0.15, 0.2) is 24.4 Å². The summed E-state index contributed by atoms with van der Waals surface area (Å²) in [5, 5.41) is 0. The molecule has 1 heterocycles. The first-order chi connectivity index (χ1) is 5.52. The van der Waals surface area contributed by atoms with E-state index in [0.717, 1.165) is 6.26 Å². The van der Waals surface area contributed by atoms with Crippen molar-refractivity contribution in [2.45, 2.75) is 5.50 Å². The van der Waals surface area contributed by atoms with Crippen molar-refractivity contribution in [1.82, 2.24) is 4.98 Å². The molecule has 1 rings (SSSR count). The van der Waals surface area contributed by atoms with Crippen LogP contribution < -0.4 is 0 Å². The van der Waals surface area contributed by atoms with Gasteiger partial charge in [-0.15, -0.1) is 0 Å². The van der Waals surface area contributed by atoms with Gasteiger partial charge in [0.25, 0.3) is 0 Å². The smallest absolute Gasteiger partial charge is 0.242 e. The molecule has 0 bridgehead atoms. The predicted molar refractivity (Wildman–Crippen MR) is 42.9 cm³/mol. The molecule has 0 aliphatic rings. The Morgan fingerprint density at radius 2 is 2.17 bits per heavy atom. The largest absolute Gasteiger partial charge is 0.257 e. The van der Waals surface area contributed by atoms with Gasteiger partial charge >= 0.3 is 0 Å². The van der Waals surface area contributed by atoms with E-state index >= 15 is 0 Å². The van der Waals surface area contributed by atoms with Gasteiger partial charge in [0.05, 0.1) is 5.69 Å². The second-order valence-electron chi connectivity index (χ2n) is 2.40. The lowest BCUT2D eigenvalue weighted by atomic mass is 10.4. The van der Waals surface area contributed by atoms with Crippen LogP contribution in [0.2, 0.25) is 0 Å². The normalized spacial score (nSPS) is 14.2. The van der Waals surface area contributed by atoms with E-state index in [2.05, 4.69) is 4.98 Å². The molecule has 1 atom stereocenters. The molecule has 0 saturated heterocycles. The molecule has 0 aromatic carbocycles. The highest BCUT2D eigenvalue weighted by Gasteiger charge is 2.22. The minimum absolute atomic E-state index is 0.0694. The van der Waals surface area contributed by atoms with Crippen LogP contribution in [0, 0.1) is 0 Å². The van der Waals surface area contributed by atoms with Crippen molar-refractivity contribution in [3.05, 3.63) is 30.1 Å². The van der Waals surface area contributed by atoms with E-state index in [4.69, 9.17) is 0 Å². The number of hydrogen-bond acceptors (Lipinski definition) is 3. The molecule has 66 valence electrons. The van der Waals surface area contributed by atoms with Gasteiger partial charge in [-0.2, -0.15) is 0 Å². The lowest BCUT2D eigenvalue weighted by Crippen LogP contribution is -2.07. The van der Waals surface area contributed by atoms with Crippen LogP contribution >= 0.6 is 0 Å². The van der Waals surface area contributed by atoms with Crippen molar-refractivity contribution < 1.29 is 12.8 Å². The average Bonchev–Trinajstić information content (AvgIpc) is 2.03. The van der Waals surface area contributed by atoms with Gasteiger partial charge in [0.1, 0.15) is 0 Å². The first kappa shape index (κ1) is 9.12. The van der Waals surface area contributed by atoms with E-state index < -0.39 is 15.3 Å². The molecule has 0 aliphatic carbocycles. The highest BCUT2D eigenvalue weighted by atomic mass is 32.2. The highest BCUT2D eigenvalue weighted by molar-refractivity contribution is 7.90. The van der Waals surface area contributed by atoms with Crippen molar-refractivity contribution in [3.8, 4) is 0 Å². The van der Waals surface area contributed by atoms with Gasteiger partial charge in [-0.05, 0) is 12.1 Å². The monoisotopic (exact) mass is 189 g/mol. The Hall–Kier alpha value is -0.970. The number of halogens is 1. The van der Waals surface area contributed by atoms with E-state index in [1.807, 2.05) is 0 Å². The molecule has 1 aromatic heterocycles. The number of pyridine rings is 1. The molecule has 0 spiro atoms. The Balaban J connectivity index is 3.02. The van der Waals surface area contributed by atoms with Crippen molar-refractivity contribution in [3.63, 3.8) is 0 Å². The number of rotatable bonds is 2. The fraction of sp³-hybridized carbons (Fsp3) is 0.286. The average molecular weight is 189 g/mol. The molecule has 3 nitrogen and oxygen atoms in total. The van der Waals surface area contributed by atoms with Gasteiger partial charge in [0, 0.05) is 12.5 Å². The van der Waals surface area contributed by atoms with E-state index in [0.29, 0.717) is 0 Å². The molecule has 1 aromatic rings. The number of sulfone groups is 1. The lowest BCUT2D eigenvalue weighted by molar-refractivity contribution is 0.426. The van der Waals surface area contributed by atoms with Gasteiger partial charge < -0.3 is 0 Å². The summed E-state index contributed by atoms with van der Waals surface area (Å²) >= 11 is 0. The van der Waals surface area contributed by atoms with Crippen LogP contribution in [0.4, 0.5) is 4.39 Å². The first-order valence-electron chi connectivity index (χ1n) is 3.25. The summed E-state index contributed by atoms with van der Waals surface area (Å²) in [5.74, 6) is 0. The molecule has 0 amide bonds. The third kappa shape index (κ3) is 2.01. The minimum atomic E-state index is -3.69. The zero-order valence-corrected chi connectivity index (χ0v) is 7.25. The van der Waals surface area contributed by atoms with E-state index in [1.165, 1.54) is 12.3 Å². The van der Waals surface area contributed by atoms with Crippen LogP contribution in [0.1, 0.15) is 11.2 Å². The Morgan fingerprint density at radius 1 is 1.50 bits per heavy atom. The maximum atomic E-state index is 13.0. The van der Waals surface area contributed by atoms with Crippen molar-refractivity contribution in [1.29, 1.82) is 0 Å². The molecule has 0 N–H and O–H groups in total. The van der Waals surface area contributed by atoms with E-state index in [1.54, 1.807) is 12.1 Å². The summed E-state index contributed by atoms with van der Waals surface area (Å²) in [6, 6.07) is 4.48. The molecule has 0 saturated carbocycles. The summed E-state index contributed by atoms with van der Waals surface area (Å²) in [6.45, 7) is 0. The van der Waals surface area contributed by atoms with Crippen LogP contribution in [0.5, 0.6) is 0 Å². The summed E-state index contributed by atoms with van der Waals surface area (Å²) in [5.41, 5.74) is -2.08. The maximum Gasteiger partial charge on any atom is 0.242 e. The highest BCUT2D eigenvalue weighted by Crippen LogP contribution is 2.19.